The second-order valence-corrected chi connectivity index (χ2v) is 14.0. The van der Waals surface area contributed by atoms with Crippen molar-refractivity contribution in [2.45, 2.75) is 0 Å². The van der Waals surface area contributed by atoms with Gasteiger partial charge >= 0.3 is 0 Å². The molecule has 5 heteroatoms. The van der Waals surface area contributed by atoms with E-state index in [4.69, 9.17) is 20.2 Å². The topological polar surface area (TPSA) is 63.4 Å². The SMILES string of the molecule is c1ccc(-c2nnnc(-c3c(-c4ccccc4)c(-c4ccccc4)c4c(c3-c3ccccc3)-c3c5c(ccc3=N4)=c3ccccc3=N5)c2-c2ccccc2)cc1. The molecule has 2 aliphatic heterocycles. The summed E-state index contributed by atoms with van der Waals surface area (Å²) in [6, 6.07) is 65.4. The molecule has 0 radical (unpaired) electrons. The van der Waals surface area contributed by atoms with Gasteiger partial charge in [-0.15, -0.1) is 10.2 Å². The third-order valence-corrected chi connectivity index (χ3v) is 10.8. The van der Waals surface area contributed by atoms with Crippen LogP contribution in [0.25, 0.3) is 78.1 Å². The zero-order valence-electron chi connectivity index (χ0n) is 30.1. The standard InChI is InChI=1S/C51H31N5/c1-6-18-32(19-7-1)41-43(34-22-10-3-11-23-34)50-47(45-40(53-50)31-30-38-37-28-16-17-29-39(37)52-49(38)45)42(33-20-8-2-9-21-33)46(41)51-44(35-24-12-4-13-25-35)48(54-56-55-51)36-26-14-5-15-27-36/h1-31H. The van der Waals surface area contributed by atoms with Crippen molar-refractivity contribution in [2.75, 3.05) is 0 Å². The summed E-state index contributed by atoms with van der Waals surface area (Å²) in [6.45, 7) is 0. The molecule has 0 spiro atoms. The van der Waals surface area contributed by atoms with Gasteiger partial charge in [0.25, 0.3) is 0 Å². The Morgan fingerprint density at radius 1 is 0.250 bits per heavy atom. The fraction of sp³-hybridized carbons (Fsp3) is 0. The largest absolute Gasteiger partial charge is 0.247 e. The molecule has 2 aliphatic rings. The molecule has 0 unspecified atom stereocenters. The van der Waals surface area contributed by atoms with Crippen molar-refractivity contribution >= 4 is 11.4 Å². The predicted molar refractivity (Wildman–Crippen MR) is 224 cm³/mol. The summed E-state index contributed by atoms with van der Waals surface area (Å²) >= 11 is 0. The van der Waals surface area contributed by atoms with Crippen LogP contribution in [0.4, 0.5) is 11.4 Å². The third kappa shape index (κ3) is 4.99. The van der Waals surface area contributed by atoms with Crippen LogP contribution in [0, 0.1) is 10.4 Å². The van der Waals surface area contributed by atoms with E-state index < -0.39 is 0 Å². The summed E-state index contributed by atoms with van der Waals surface area (Å²) < 4.78 is 0. The second-order valence-electron chi connectivity index (χ2n) is 14.0. The number of fused-ring (bicyclic) bond motifs is 6. The van der Waals surface area contributed by atoms with Crippen LogP contribution >= 0.6 is 0 Å². The highest BCUT2D eigenvalue weighted by Gasteiger charge is 2.35. The van der Waals surface area contributed by atoms with Crippen molar-refractivity contribution in [1.29, 1.82) is 0 Å². The van der Waals surface area contributed by atoms with Gasteiger partial charge in [-0.05, 0) is 45.7 Å². The first-order valence-electron chi connectivity index (χ1n) is 18.8. The lowest BCUT2D eigenvalue weighted by Crippen LogP contribution is -2.05. The first-order valence-corrected chi connectivity index (χ1v) is 18.8. The minimum atomic E-state index is 0.740. The molecule has 0 amide bonds. The zero-order chi connectivity index (χ0) is 37.0. The molecule has 5 nitrogen and oxygen atoms in total. The summed E-state index contributed by atoms with van der Waals surface area (Å²) in [4.78, 5) is 10.9. The number of nitrogens with zero attached hydrogens (tertiary/aromatic N) is 5. The molecule has 0 saturated heterocycles. The van der Waals surface area contributed by atoms with Crippen LogP contribution in [0.1, 0.15) is 0 Å². The summed E-state index contributed by atoms with van der Waals surface area (Å²) in [5.41, 5.74) is 15.5. The number of hydrogen-bond donors (Lipinski definition) is 0. The molecule has 0 aliphatic carbocycles. The van der Waals surface area contributed by atoms with Crippen molar-refractivity contribution in [3.63, 3.8) is 0 Å². The quantitative estimate of drug-likeness (QED) is 0.172. The van der Waals surface area contributed by atoms with Gasteiger partial charge in [-0.2, -0.15) is 0 Å². The summed E-state index contributed by atoms with van der Waals surface area (Å²) in [7, 11) is 0. The minimum Gasteiger partial charge on any atom is -0.247 e. The summed E-state index contributed by atoms with van der Waals surface area (Å²) in [5, 5.41) is 18.5. The molecule has 1 aromatic heterocycles. The molecular weight excluding hydrogens is 683 g/mol. The number of rotatable bonds is 6. The highest BCUT2D eigenvalue weighted by atomic mass is 15.3. The van der Waals surface area contributed by atoms with Gasteiger partial charge in [0, 0.05) is 54.9 Å². The van der Waals surface area contributed by atoms with E-state index in [1.807, 2.05) is 24.3 Å². The zero-order valence-corrected chi connectivity index (χ0v) is 30.1. The summed E-state index contributed by atoms with van der Waals surface area (Å²) in [5.74, 6) is 0. The fourth-order valence-corrected chi connectivity index (χ4v) is 8.47. The maximum Gasteiger partial charge on any atom is 0.106 e. The maximum absolute atomic E-state index is 5.58. The first kappa shape index (κ1) is 31.9. The van der Waals surface area contributed by atoms with Gasteiger partial charge in [0.2, 0.25) is 0 Å². The molecule has 9 aromatic rings. The normalized spacial score (nSPS) is 11.9. The van der Waals surface area contributed by atoms with E-state index in [2.05, 4.69) is 169 Å². The molecule has 3 heterocycles. The molecule has 0 bridgehead atoms. The molecule has 8 aromatic carbocycles. The third-order valence-electron chi connectivity index (χ3n) is 10.8. The molecule has 0 N–H and O–H groups in total. The minimum absolute atomic E-state index is 0.740. The predicted octanol–water partition coefficient (Wildman–Crippen LogP) is 11.4. The van der Waals surface area contributed by atoms with Crippen molar-refractivity contribution in [1.82, 2.24) is 15.4 Å². The first-order chi connectivity index (χ1) is 27.8. The molecule has 56 heavy (non-hydrogen) atoms. The Kier molecular flexibility index (Phi) is 7.42. The lowest BCUT2D eigenvalue weighted by molar-refractivity contribution is 0.879. The average molecular weight is 714 g/mol. The molecule has 0 fully saturated rings. The molecule has 11 rings (SSSR count). The highest BCUT2D eigenvalue weighted by molar-refractivity contribution is 6.16. The number of hydrogen-bond acceptors (Lipinski definition) is 5. The lowest BCUT2D eigenvalue weighted by atomic mass is 9.77. The monoisotopic (exact) mass is 713 g/mol. The van der Waals surface area contributed by atoms with Crippen LogP contribution in [0.2, 0.25) is 0 Å². The smallest absolute Gasteiger partial charge is 0.106 e. The number of para-hydroxylation sites is 1. The Balaban J connectivity index is 1.40. The number of aromatic nitrogens is 3. The van der Waals surface area contributed by atoms with Crippen molar-refractivity contribution in [2.24, 2.45) is 9.98 Å². The Labute approximate surface area is 323 Å². The van der Waals surface area contributed by atoms with Gasteiger partial charge in [-0.3, -0.25) is 0 Å². The Hall–Kier alpha value is -7.63. The van der Waals surface area contributed by atoms with E-state index in [1.54, 1.807) is 0 Å². The van der Waals surface area contributed by atoms with Crippen molar-refractivity contribution in [3.05, 3.63) is 209 Å². The van der Waals surface area contributed by atoms with Crippen molar-refractivity contribution in [3.8, 4) is 78.1 Å². The maximum atomic E-state index is 5.58. The molecular formula is C51H31N5. The van der Waals surface area contributed by atoms with Gasteiger partial charge in [0.1, 0.15) is 11.4 Å². The van der Waals surface area contributed by atoms with E-state index in [1.165, 1.54) is 0 Å². The van der Waals surface area contributed by atoms with Gasteiger partial charge in [0.15, 0.2) is 0 Å². The van der Waals surface area contributed by atoms with Crippen LogP contribution in [0.15, 0.2) is 198 Å². The van der Waals surface area contributed by atoms with Crippen LogP contribution in [-0.2, 0) is 0 Å². The summed E-state index contributed by atoms with van der Waals surface area (Å²) in [6.07, 6.45) is 0. The van der Waals surface area contributed by atoms with Crippen LogP contribution in [0.3, 0.4) is 0 Å². The van der Waals surface area contributed by atoms with E-state index in [-0.39, 0.29) is 0 Å². The Morgan fingerprint density at radius 2 is 0.714 bits per heavy atom. The Bertz CT molecular complexity index is 3210. The number of benzene rings is 8. The van der Waals surface area contributed by atoms with E-state index in [0.29, 0.717) is 0 Å². The lowest BCUT2D eigenvalue weighted by Gasteiger charge is -2.26. The van der Waals surface area contributed by atoms with E-state index in [9.17, 15) is 0 Å². The van der Waals surface area contributed by atoms with Crippen molar-refractivity contribution < 1.29 is 0 Å². The molecule has 260 valence electrons. The Morgan fingerprint density at radius 3 is 1.32 bits per heavy atom. The molecule has 0 atom stereocenters. The van der Waals surface area contributed by atoms with Crippen LogP contribution in [-0.4, -0.2) is 15.4 Å². The van der Waals surface area contributed by atoms with Gasteiger partial charge in [-0.25, -0.2) is 9.98 Å². The van der Waals surface area contributed by atoms with Crippen LogP contribution < -0.4 is 10.7 Å². The fourth-order valence-electron chi connectivity index (χ4n) is 8.47. The average Bonchev–Trinajstić information content (AvgIpc) is 3.86. The van der Waals surface area contributed by atoms with E-state index >= 15 is 0 Å². The van der Waals surface area contributed by atoms with Gasteiger partial charge in [0.05, 0.1) is 22.1 Å². The molecule has 0 saturated carbocycles. The highest BCUT2D eigenvalue weighted by Crippen LogP contribution is 2.59. The second kappa shape index (κ2) is 13.0. The van der Waals surface area contributed by atoms with Gasteiger partial charge < -0.3 is 0 Å². The van der Waals surface area contributed by atoms with Gasteiger partial charge in [-0.1, -0.05) is 170 Å². The van der Waals surface area contributed by atoms with Crippen LogP contribution in [0.5, 0.6) is 0 Å². The van der Waals surface area contributed by atoms with E-state index in [0.717, 1.165) is 111 Å².